The van der Waals surface area contributed by atoms with Crippen LogP contribution in [0.15, 0.2) is 9.52 Å². The molecule has 0 aliphatic heterocycles. The summed E-state index contributed by atoms with van der Waals surface area (Å²) >= 11 is 43.4. The lowest BCUT2D eigenvalue weighted by Crippen LogP contribution is -2.31. The normalized spacial score (nSPS) is 13.0. The van der Waals surface area contributed by atoms with Crippen molar-refractivity contribution in [3.8, 4) is 0 Å². The molecule has 0 aliphatic rings. The molecule has 0 atom stereocenters. The molecule has 0 bridgehead atoms. The van der Waals surface area contributed by atoms with E-state index in [1.54, 1.807) is 0 Å². The van der Waals surface area contributed by atoms with E-state index in [0.29, 0.717) is 0 Å². The monoisotopic (exact) mass is 328 g/mol. The number of hydrogen-bond donors (Lipinski definition) is 0. The SMILES string of the molecule is ClC(Cl)=C(Cl)C(Cl)(Cl)C(Cl)(Cl)Cl. The molecule has 0 heterocycles. The highest BCUT2D eigenvalue weighted by Gasteiger charge is 2.49. The average Bonchev–Trinajstić information content (AvgIpc) is 1.83. The molecule has 0 rings (SSSR count). The zero-order valence-corrected chi connectivity index (χ0v) is 11.1. The minimum Gasteiger partial charge on any atom is -0.0904 e. The molecule has 0 N–H and O–H groups in total. The molecule has 0 aromatic heterocycles. The summed E-state index contributed by atoms with van der Waals surface area (Å²) in [5.41, 5.74) is 0. The van der Waals surface area contributed by atoms with Crippen LogP contribution >= 0.6 is 92.8 Å². The van der Waals surface area contributed by atoms with Gasteiger partial charge < -0.3 is 0 Å². The number of hydrogen-bond acceptors (Lipinski definition) is 0. The Morgan fingerprint density at radius 1 is 0.750 bits per heavy atom. The number of allylic oxidation sites excluding steroid dienone is 1. The van der Waals surface area contributed by atoms with E-state index in [0.717, 1.165) is 0 Å². The molecule has 0 spiro atoms. The lowest BCUT2D eigenvalue weighted by molar-refractivity contribution is 0.973. The second kappa shape index (κ2) is 4.72. The van der Waals surface area contributed by atoms with Crippen molar-refractivity contribution < 1.29 is 0 Å². The van der Waals surface area contributed by atoms with Crippen LogP contribution in [-0.2, 0) is 0 Å². The van der Waals surface area contributed by atoms with Gasteiger partial charge in [0, 0.05) is 0 Å². The lowest BCUT2D eigenvalue weighted by atomic mass is 10.4. The Bertz CT molecular complexity index is 194. The number of alkyl halides is 5. The Balaban J connectivity index is 5.01. The van der Waals surface area contributed by atoms with Crippen molar-refractivity contribution in [2.75, 3.05) is 0 Å². The standard InChI is InChI=1S/C4Cl8/c5-1(2(6)7)3(8,9)4(10,11)12. The number of rotatable bonds is 1. The zero-order valence-electron chi connectivity index (χ0n) is 5.02. The van der Waals surface area contributed by atoms with Crippen molar-refractivity contribution in [2.45, 2.75) is 8.13 Å². The summed E-state index contributed by atoms with van der Waals surface area (Å²) in [5.74, 6) is 0. The summed E-state index contributed by atoms with van der Waals surface area (Å²) in [5, 5.41) is -0.339. The maximum atomic E-state index is 5.57. The van der Waals surface area contributed by atoms with E-state index in [1.165, 1.54) is 0 Å². The van der Waals surface area contributed by atoms with E-state index in [9.17, 15) is 0 Å². The summed E-state index contributed by atoms with van der Waals surface area (Å²) in [6.07, 6.45) is 0. The maximum Gasteiger partial charge on any atom is 0.228 e. The molecule has 0 saturated carbocycles. The Morgan fingerprint density at radius 3 is 1.17 bits per heavy atom. The van der Waals surface area contributed by atoms with Gasteiger partial charge in [0.1, 0.15) is 4.49 Å². The molecule has 0 saturated heterocycles. The van der Waals surface area contributed by atoms with Crippen LogP contribution < -0.4 is 0 Å². The topological polar surface area (TPSA) is 0 Å². The second-order valence-electron chi connectivity index (χ2n) is 1.65. The van der Waals surface area contributed by atoms with Crippen molar-refractivity contribution in [3.63, 3.8) is 0 Å². The quantitative estimate of drug-likeness (QED) is 0.563. The first-order valence-electron chi connectivity index (χ1n) is 2.26. The molecular formula is C4Cl8. The molecule has 0 unspecified atom stereocenters. The third kappa shape index (κ3) is 3.33. The van der Waals surface area contributed by atoms with Gasteiger partial charge in [-0.3, -0.25) is 0 Å². The van der Waals surface area contributed by atoms with Gasteiger partial charge in [0.25, 0.3) is 0 Å². The van der Waals surface area contributed by atoms with E-state index >= 15 is 0 Å². The minimum atomic E-state index is -2.01. The third-order valence-electron chi connectivity index (χ3n) is 0.798. The molecule has 8 heteroatoms. The maximum absolute atomic E-state index is 5.57. The summed E-state index contributed by atoms with van der Waals surface area (Å²) in [7, 11) is 0. The first kappa shape index (κ1) is 14.1. The van der Waals surface area contributed by atoms with Crippen molar-refractivity contribution in [1.82, 2.24) is 0 Å². The molecule has 0 radical (unpaired) electrons. The fraction of sp³-hybridized carbons (Fsp3) is 0.500. The van der Waals surface area contributed by atoms with E-state index in [4.69, 9.17) is 92.8 Å². The largest absolute Gasteiger partial charge is 0.228 e. The summed E-state index contributed by atoms with van der Waals surface area (Å²) < 4.78 is -4.33. The van der Waals surface area contributed by atoms with E-state index in [1.807, 2.05) is 0 Å². The fourth-order valence-corrected chi connectivity index (χ4v) is 1.48. The molecular weight excluding hydrogens is 332 g/mol. The van der Waals surface area contributed by atoms with Gasteiger partial charge in [0.05, 0.1) is 5.03 Å². The van der Waals surface area contributed by atoms with E-state index in [2.05, 4.69) is 0 Å². The van der Waals surface area contributed by atoms with Crippen LogP contribution in [0.2, 0.25) is 0 Å². The molecule has 0 aliphatic carbocycles. The van der Waals surface area contributed by atoms with Crippen LogP contribution in [0.3, 0.4) is 0 Å². The highest BCUT2D eigenvalue weighted by molar-refractivity contribution is 6.78. The smallest absolute Gasteiger partial charge is 0.0904 e. The van der Waals surface area contributed by atoms with Crippen molar-refractivity contribution in [2.24, 2.45) is 0 Å². The molecule has 0 nitrogen and oxygen atoms in total. The third-order valence-corrected chi connectivity index (χ3v) is 4.41. The Kier molecular flexibility index (Phi) is 5.53. The summed E-state index contributed by atoms with van der Waals surface area (Å²) in [6, 6.07) is 0. The van der Waals surface area contributed by atoms with Crippen molar-refractivity contribution in [1.29, 1.82) is 0 Å². The molecule has 0 aromatic carbocycles. The summed E-state index contributed by atoms with van der Waals surface area (Å²) in [4.78, 5) is 0. The van der Waals surface area contributed by atoms with Crippen molar-refractivity contribution >= 4 is 92.8 Å². The van der Waals surface area contributed by atoms with Crippen LogP contribution in [0.1, 0.15) is 0 Å². The molecule has 72 valence electrons. The van der Waals surface area contributed by atoms with Crippen LogP contribution in [0.4, 0.5) is 0 Å². The Labute approximate surface area is 110 Å². The molecule has 0 aromatic rings. The summed E-state index contributed by atoms with van der Waals surface area (Å²) in [6.45, 7) is 0. The van der Waals surface area contributed by atoms with Gasteiger partial charge in [-0.05, 0) is 0 Å². The van der Waals surface area contributed by atoms with Crippen LogP contribution in [0.5, 0.6) is 0 Å². The lowest BCUT2D eigenvalue weighted by Gasteiger charge is -2.26. The predicted molar refractivity (Wildman–Crippen MR) is 59.3 cm³/mol. The molecule has 0 fully saturated rings. The van der Waals surface area contributed by atoms with Crippen LogP contribution in [0.25, 0.3) is 0 Å². The first-order chi connectivity index (χ1) is 5.10. The average molecular weight is 332 g/mol. The van der Waals surface area contributed by atoms with Gasteiger partial charge >= 0.3 is 0 Å². The molecule has 0 amide bonds. The second-order valence-corrected chi connectivity index (χ2v) is 6.58. The predicted octanol–water partition coefficient (Wildman–Crippen LogP) is 5.42. The van der Waals surface area contributed by atoms with Gasteiger partial charge in [0.15, 0.2) is 0 Å². The van der Waals surface area contributed by atoms with Gasteiger partial charge in [0.2, 0.25) is 8.13 Å². The Morgan fingerprint density at radius 2 is 1.08 bits per heavy atom. The van der Waals surface area contributed by atoms with Gasteiger partial charge in [-0.1, -0.05) is 92.8 Å². The highest BCUT2D eigenvalue weighted by atomic mass is 35.6. The van der Waals surface area contributed by atoms with Gasteiger partial charge in [-0.15, -0.1) is 0 Å². The highest BCUT2D eigenvalue weighted by Crippen LogP contribution is 2.52. The van der Waals surface area contributed by atoms with Crippen LogP contribution in [0, 0.1) is 0 Å². The Hall–Kier alpha value is 2.06. The molecule has 12 heavy (non-hydrogen) atoms. The van der Waals surface area contributed by atoms with Crippen LogP contribution in [-0.4, -0.2) is 8.13 Å². The first-order valence-corrected chi connectivity index (χ1v) is 5.29. The van der Waals surface area contributed by atoms with Crippen molar-refractivity contribution in [3.05, 3.63) is 9.52 Å². The fourth-order valence-electron chi connectivity index (χ4n) is 0.243. The van der Waals surface area contributed by atoms with Gasteiger partial charge in [-0.25, -0.2) is 0 Å². The van der Waals surface area contributed by atoms with E-state index in [-0.39, 0.29) is 9.52 Å². The zero-order chi connectivity index (χ0) is 10.2. The van der Waals surface area contributed by atoms with E-state index < -0.39 is 8.13 Å². The minimum absolute atomic E-state index is 0.339. The number of halogens is 8. The van der Waals surface area contributed by atoms with Gasteiger partial charge in [-0.2, -0.15) is 0 Å².